The molecule has 2 aromatic carbocycles. The number of amides is 1. The zero-order valence-corrected chi connectivity index (χ0v) is 15.9. The second-order valence-electron chi connectivity index (χ2n) is 6.59. The fraction of sp³-hybridized carbons (Fsp3) is 0.316. The van der Waals surface area contributed by atoms with E-state index >= 15 is 0 Å². The summed E-state index contributed by atoms with van der Waals surface area (Å²) in [5, 5.41) is 2.82. The van der Waals surface area contributed by atoms with Crippen LogP contribution in [-0.4, -0.2) is 26.4 Å². The summed E-state index contributed by atoms with van der Waals surface area (Å²) in [4.78, 5) is 12.5. The second kappa shape index (κ2) is 7.86. The van der Waals surface area contributed by atoms with Crippen LogP contribution < -0.4 is 9.62 Å². The number of hydrogen-bond acceptors (Lipinski definition) is 3. The van der Waals surface area contributed by atoms with Gasteiger partial charge in [-0.2, -0.15) is 0 Å². The lowest BCUT2D eigenvalue weighted by atomic mass is 10.0. The molecule has 26 heavy (non-hydrogen) atoms. The molecule has 0 heterocycles. The summed E-state index contributed by atoms with van der Waals surface area (Å²) < 4.78 is 40.3. The molecule has 0 unspecified atom stereocenters. The van der Waals surface area contributed by atoms with Gasteiger partial charge in [0.25, 0.3) is 10.0 Å². The van der Waals surface area contributed by atoms with Crippen LogP contribution in [0.5, 0.6) is 0 Å². The minimum absolute atomic E-state index is 0.0619. The van der Waals surface area contributed by atoms with Gasteiger partial charge < -0.3 is 5.32 Å². The molecule has 0 aromatic heterocycles. The first-order valence-electron chi connectivity index (χ1n) is 8.30. The van der Waals surface area contributed by atoms with Crippen molar-refractivity contribution in [2.75, 3.05) is 10.8 Å². The third kappa shape index (κ3) is 4.82. The number of halogens is 1. The standard InChI is InChI=1S/C19H23FN2O3S/c1-4-19(2,3)21-18(23)14-22(16-12-10-15(20)11-13-16)26(24,25)17-8-6-5-7-9-17/h5-13H,4,14H2,1-3H3,(H,21,23). The molecule has 0 spiro atoms. The van der Waals surface area contributed by atoms with Crippen molar-refractivity contribution in [3.63, 3.8) is 0 Å². The molecule has 0 saturated heterocycles. The molecule has 1 amide bonds. The summed E-state index contributed by atoms with van der Waals surface area (Å²) in [5.41, 5.74) is -0.234. The SMILES string of the molecule is CCC(C)(C)NC(=O)CN(c1ccc(F)cc1)S(=O)(=O)c1ccccc1. The highest BCUT2D eigenvalue weighted by Crippen LogP contribution is 2.24. The van der Waals surface area contributed by atoms with Crippen molar-refractivity contribution in [3.8, 4) is 0 Å². The lowest BCUT2D eigenvalue weighted by Crippen LogP contribution is -2.48. The van der Waals surface area contributed by atoms with E-state index in [9.17, 15) is 17.6 Å². The van der Waals surface area contributed by atoms with E-state index in [1.807, 2.05) is 20.8 Å². The number of sulfonamides is 1. The van der Waals surface area contributed by atoms with Gasteiger partial charge in [-0.3, -0.25) is 9.10 Å². The molecule has 5 nitrogen and oxygen atoms in total. The van der Waals surface area contributed by atoms with Crippen molar-refractivity contribution in [2.24, 2.45) is 0 Å². The molecule has 2 rings (SSSR count). The first-order chi connectivity index (χ1) is 12.2. The van der Waals surface area contributed by atoms with Crippen LogP contribution in [0.3, 0.4) is 0 Å². The van der Waals surface area contributed by atoms with E-state index in [1.165, 1.54) is 24.3 Å². The lowest BCUT2D eigenvalue weighted by Gasteiger charge is -2.28. The summed E-state index contributed by atoms with van der Waals surface area (Å²) in [6.07, 6.45) is 0.695. The Kier molecular flexibility index (Phi) is 6.02. The molecule has 0 fully saturated rings. The number of hydrogen-bond donors (Lipinski definition) is 1. The van der Waals surface area contributed by atoms with Gasteiger partial charge in [0.2, 0.25) is 5.91 Å². The number of nitrogens with zero attached hydrogens (tertiary/aromatic N) is 1. The van der Waals surface area contributed by atoms with Crippen LogP contribution >= 0.6 is 0 Å². The van der Waals surface area contributed by atoms with Crippen molar-refractivity contribution < 1.29 is 17.6 Å². The molecule has 2 aromatic rings. The maximum Gasteiger partial charge on any atom is 0.264 e. The predicted molar refractivity (Wildman–Crippen MR) is 99.9 cm³/mol. The minimum atomic E-state index is -3.97. The molecule has 140 valence electrons. The summed E-state index contributed by atoms with van der Waals surface area (Å²) in [7, 11) is -3.97. The molecule has 0 aliphatic heterocycles. The van der Waals surface area contributed by atoms with Crippen LogP contribution in [-0.2, 0) is 14.8 Å². The van der Waals surface area contributed by atoms with Crippen LogP contribution in [0.4, 0.5) is 10.1 Å². The third-order valence-corrected chi connectivity index (χ3v) is 5.88. The quantitative estimate of drug-likeness (QED) is 0.804. The summed E-state index contributed by atoms with van der Waals surface area (Å²) in [6.45, 7) is 5.25. The topological polar surface area (TPSA) is 66.5 Å². The zero-order valence-electron chi connectivity index (χ0n) is 15.1. The van der Waals surface area contributed by atoms with Gasteiger partial charge in [0.05, 0.1) is 10.6 Å². The monoisotopic (exact) mass is 378 g/mol. The molecular weight excluding hydrogens is 355 g/mol. The van der Waals surface area contributed by atoms with Crippen LogP contribution in [0, 0.1) is 5.82 Å². The minimum Gasteiger partial charge on any atom is -0.350 e. The second-order valence-corrected chi connectivity index (χ2v) is 8.45. The Morgan fingerprint density at radius 2 is 1.65 bits per heavy atom. The Hall–Kier alpha value is -2.41. The molecule has 0 saturated carbocycles. The van der Waals surface area contributed by atoms with Gasteiger partial charge in [0, 0.05) is 5.54 Å². The van der Waals surface area contributed by atoms with E-state index in [0.29, 0.717) is 6.42 Å². The number of benzene rings is 2. The third-order valence-electron chi connectivity index (χ3n) is 4.09. The van der Waals surface area contributed by atoms with Gasteiger partial charge in [-0.25, -0.2) is 12.8 Å². The van der Waals surface area contributed by atoms with E-state index in [4.69, 9.17) is 0 Å². The molecule has 0 radical (unpaired) electrons. The molecule has 7 heteroatoms. The van der Waals surface area contributed by atoms with Crippen molar-refractivity contribution in [2.45, 2.75) is 37.6 Å². The van der Waals surface area contributed by atoms with Crippen LogP contribution in [0.1, 0.15) is 27.2 Å². The summed E-state index contributed by atoms with van der Waals surface area (Å²) in [5.74, 6) is -0.914. The highest BCUT2D eigenvalue weighted by Gasteiger charge is 2.28. The van der Waals surface area contributed by atoms with Crippen molar-refractivity contribution in [3.05, 3.63) is 60.4 Å². The molecule has 0 aliphatic carbocycles. The predicted octanol–water partition coefficient (Wildman–Crippen LogP) is 3.33. The maximum absolute atomic E-state index is 13.3. The van der Waals surface area contributed by atoms with Crippen LogP contribution in [0.2, 0.25) is 0 Å². The molecule has 0 atom stereocenters. The fourth-order valence-corrected chi connectivity index (χ4v) is 3.72. The van der Waals surface area contributed by atoms with Gasteiger partial charge in [-0.1, -0.05) is 25.1 Å². The number of carbonyl (C=O) groups excluding carboxylic acids is 1. The van der Waals surface area contributed by atoms with Gasteiger partial charge in [-0.05, 0) is 56.7 Å². The highest BCUT2D eigenvalue weighted by atomic mass is 32.2. The van der Waals surface area contributed by atoms with Gasteiger partial charge in [0.1, 0.15) is 12.4 Å². The van der Waals surface area contributed by atoms with Crippen LogP contribution in [0.25, 0.3) is 0 Å². The Labute approximate surface area is 153 Å². The number of carbonyl (C=O) groups is 1. The normalized spacial score (nSPS) is 11.8. The van der Waals surface area contributed by atoms with Crippen molar-refractivity contribution >= 4 is 21.6 Å². The average molecular weight is 378 g/mol. The first kappa shape index (κ1) is 19.9. The van der Waals surface area contributed by atoms with E-state index in [2.05, 4.69) is 5.32 Å². The van der Waals surface area contributed by atoms with E-state index in [-0.39, 0.29) is 10.6 Å². The summed E-state index contributed by atoms with van der Waals surface area (Å²) >= 11 is 0. The van der Waals surface area contributed by atoms with Crippen molar-refractivity contribution in [1.29, 1.82) is 0 Å². The van der Waals surface area contributed by atoms with Crippen molar-refractivity contribution in [1.82, 2.24) is 5.32 Å². The Bertz CT molecular complexity index is 850. The van der Waals surface area contributed by atoms with Gasteiger partial charge >= 0.3 is 0 Å². The summed E-state index contributed by atoms with van der Waals surface area (Å²) in [6, 6.07) is 12.8. The Morgan fingerprint density at radius 1 is 1.08 bits per heavy atom. The first-order valence-corrected chi connectivity index (χ1v) is 9.74. The largest absolute Gasteiger partial charge is 0.350 e. The number of rotatable bonds is 7. The number of anilines is 1. The van der Waals surface area contributed by atoms with Gasteiger partial charge in [-0.15, -0.1) is 0 Å². The maximum atomic E-state index is 13.3. The van der Waals surface area contributed by atoms with Gasteiger partial charge in [0.15, 0.2) is 0 Å². The zero-order chi connectivity index (χ0) is 19.4. The van der Waals surface area contributed by atoms with E-state index in [0.717, 1.165) is 16.4 Å². The molecular formula is C19H23FN2O3S. The fourth-order valence-electron chi connectivity index (χ4n) is 2.28. The molecule has 0 bridgehead atoms. The van der Waals surface area contributed by atoms with Crippen LogP contribution in [0.15, 0.2) is 59.5 Å². The average Bonchev–Trinajstić information content (AvgIpc) is 2.61. The smallest absolute Gasteiger partial charge is 0.264 e. The Balaban J connectivity index is 2.40. The van der Waals surface area contributed by atoms with E-state index in [1.54, 1.807) is 18.2 Å². The Morgan fingerprint density at radius 3 is 2.19 bits per heavy atom. The number of nitrogens with one attached hydrogen (secondary N) is 1. The lowest BCUT2D eigenvalue weighted by molar-refractivity contribution is -0.121. The molecule has 0 aliphatic rings. The van der Waals surface area contributed by atoms with E-state index < -0.39 is 33.8 Å². The highest BCUT2D eigenvalue weighted by molar-refractivity contribution is 7.92. The molecule has 1 N–H and O–H groups in total.